The van der Waals surface area contributed by atoms with Crippen LogP contribution >= 0.6 is 0 Å². The topological polar surface area (TPSA) is 20.3 Å². The van der Waals surface area contributed by atoms with Gasteiger partial charge in [-0.2, -0.15) is 0 Å². The van der Waals surface area contributed by atoms with Gasteiger partial charge in [-0.3, -0.25) is 4.79 Å². The van der Waals surface area contributed by atoms with Crippen molar-refractivity contribution in [1.29, 1.82) is 0 Å². The molecule has 0 radical (unpaired) electrons. The van der Waals surface area contributed by atoms with E-state index >= 15 is 0 Å². The largest absolute Gasteiger partial charge is 0.365 e. The van der Waals surface area contributed by atoms with Crippen molar-refractivity contribution in [1.82, 2.24) is 0 Å². The van der Waals surface area contributed by atoms with Crippen molar-refractivity contribution < 1.29 is 4.79 Å². The van der Waals surface area contributed by atoms with E-state index in [1.165, 1.54) is 18.5 Å². The first-order valence-electron chi connectivity index (χ1n) is 5.69. The van der Waals surface area contributed by atoms with Crippen LogP contribution in [0.3, 0.4) is 0 Å². The van der Waals surface area contributed by atoms with Crippen LogP contribution in [0.25, 0.3) is 0 Å². The van der Waals surface area contributed by atoms with E-state index in [0.717, 1.165) is 12.8 Å². The molecule has 0 spiro atoms. The highest BCUT2D eigenvalue weighted by Crippen LogP contribution is 2.37. The van der Waals surface area contributed by atoms with Crippen LogP contribution in [-0.2, 0) is 4.79 Å². The summed E-state index contributed by atoms with van der Waals surface area (Å²) in [6.07, 6.45) is 3.88. The van der Waals surface area contributed by atoms with E-state index in [-0.39, 0.29) is 0 Å². The molecule has 2 heterocycles. The quantitative estimate of drug-likeness (QED) is 0.695. The van der Waals surface area contributed by atoms with Crippen LogP contribution in [0.15, 0.2) is 30.3 Å². The van der Waals surface area contributed by atoms with E-state index in [1.807, 2.05) is 6.07 Å². The Morgan fingerprint density at radius 2 is 1.60 bits per heavy atom. The average molecular weight is 201 g/mol. The standard InChI is InChI=1S/C13H15NO/c15-13-8-11-6-7-12(9-13)14(11)10-4-2-1-3-5-10/h1-5,11-12H,6-9H2/t11-,12+. The van der Waals surface area contributed by atoms with Crippen LogP contribution in [-0.4, -0.2) is 17.9 Å². The molecule has 0 aromatic heterocycles. The summed E-state index contributed by atoms with van der Waals surface area (Å²) in [5, 5.41) is 0. The Morgan fingerprint density at radius 1 is 1.00 bits per heavy atom. The summed E-state index contributed by atoms with van der Waals surface area (Å²) < 4.78 is 0. The second-order valence-corrected chi connectivity index (χ2v) is 4.57. The van der Waals surface area contributed by atoms with Crippen LogP contribution < -0.4 is 4.90 Å². The molecular formula is C13H15NO. The van der Waals surface area contributed by atoms with E-state index < -0.39 is 0 Å². The van der Waals surface area contributed by atoms with Gasteiger partial charge in [0.2, 0.25) is 0 Å². The van der Waals surface area contributed by atoms with Crippen LogP contribution in [0.1, 0.15) is 25.7 Å². The molecule has 1 aromatic rings. The van der Waals surface area contributed by atoms with Gasteiger partial charge in [-0.25, -0.2) is 0 Å². The van der Waals surface area contributed by atoms with Crippen molar-refractivity contribution in [3.8, 4) is 0 Å². The number of fused-ring (bicyclic) bond motifs is 2. The Hall–Kier alpha value is -1.31. The molecular weight excluding hydrogens is 186 g/mol. The van der Waals surface area contributed by atoms with Gasteiger partial charge in [-0.05, 0) is 25.0 Å². The molecule has 0 amide bonds. The first-order valence-corrected chi connectivity index (χ1v) is 5.69. The van der Waals surface area contributed by atoms with Crippen molar-refractivity contribution in [2.45, 2.75) is 37.8 Å². The maximum absolute atomic E-state index is 11.5. The highest BCUT2D eigenvalue weighted by molar-refractivity contribution is 5.83. The number of carbonyl (C=O) groups excluding carboxylic acids is 1. The lowest BCUT2D eigenvalue weighted by molar-refractivity contribution is -0.120. The molecule has 0 N–H and O–H groups in total. The summed E-state index contributed by atoms with van der Waals surface area (Å²) in [4.78, 5) is 13.9. The minimum absolute atomic E-state index is 0.453. The van der Waals surface area contributed by atoms with Gasteiger partial charge in [-0.1, -0.05) is 18.2 Å². The molecule has 1 aromatic carbocycles. The molecule has 0 unspecified atom stereocenters. The fourth-order valence-electron chi connectivity index (χ4n) is 2.99. The predicted molar refractivity (Wildman–Crippen MR) is 60.0 cm³/mol. The highest BCUT2D eigenvalue weighted by atomic mass is 16.1. The zero-order valence-corrected chi connectivity index (χ0v) is 8.73. The molecule has 2 heteroatoms. The van der Waals surface area contributed by atoms with Gasteiger partial charge in [0.1, 0.15) is 5.78 Å². The van der Waals surface area contributed by atoms with Gasteiger partial charge >= 0.3 is 0 Å². The molecule has 3 rings (SSSR count). The second-order valence-electron chi connectivity index (χ2n) is 4.57. The van der Waals surface area contributed by atoms with E-state index in [9.17, 15) is 4.79 Å². The molecule has 2 aliphatic heterocycles. The number of ketones is 1. The van der Waals surface area contributed by atoms with Crippen molar-refractivity contribution in [2.24, 2.45) is 0 Å². The summed E-state index contributed by atoms with van der Waals surface area (Å²) in [6.45, 7) is 0. The van der Waals surface area contributed by atoms with E-state index in [4.69, 9.17) is 0 Å². The summed E-state index contributed by atoms with van der Waals surface area (Å²) in [6, 6.07) is 11.4. The first-order chi connectivity index (χ1) is 7.34. The molecule has 2 nitrogen and oxygen atoms in total. The van der Waals surface area contributed by atoms with Crippen LogP contribution in [0.2, 0.25) is 0 Å². The van der Waals surface area contributed by atoms with Gasteiger partial charge in [-0.15, -0.1) is 0 Å². The first kappa shape index (κ1) is 8.96. The minimum atomic E-state index is 0.453. The normalized spacial score (nSPS) is 29.6. The molecule has 2 bridgehead atoms. The summed E-state index contributed by atoms with van der Waals surface area (Å²) in [7, 11) is 0. The monoisotopic (exact) mass is 201 g/mol. The third kappa shape index (κ3) is 1.44. The summed E-state index contributed by atoms with van der Waals surface area (Å²) in [5.41, 5.74) is 1.29. The molecule has 2 atom stereocenters. The van der Waals surface area contributed by atoms with Crippen molar-refractivity contribution in [2.75, 3.05) is 4.90 Å². The minimum Gasteiger partial charge on any atom is -0.365 e. The van der Waals surface area contributed by atoms with Crippen LogP contribution in [0.4, 0.5) is 5.69 Å². The number of anilines is 1. The number of carbonyl (C=O) groups is 1. The lowest BCUT2D eigenvalue weighted by Gasteiger charge is -2.36. The number of rotatable bonds is 1. The van der Waals surface area contributed by atoms with Crippen molar-refractivity contribution in [3.63, 3.8) is 0 Å². The lowest BCUT2D eigenvalue weighted by atomic mass is 10.0. The Balaban J connectivity index is 1.92. The SMILES string of the molecule is O=C1C[C@H]2CC[C@@H](C1)N2c1ccccc1. The molecule has 2 saturated heterocycles. The third-order valence-corrected chi connectivity index (χ3v) is 3.60. The molecule has 2 aliphatic rings. The Morgan fingerprint density at radius 3 is 2.20 bits per heavy atom. The average Bonchev–Trinajstić information content (AvgIpc) is 2.53. The van der Waals surface area contributed by atoms with Gasteiger partial charge in [0, 0.05) is 30.6 Å². The van der Waals surface area contributed by atoms with Gasteiger partial charge in [0.15, 0.2) is 0 Å². The third-order valence-electron chi connectivity index (χ3n) is 3.60. The smallest absolute Gasteiger partial charge is 0.137 e. The van der Waals surface area contributed by atoms with Crippen LogP contribution in [0, 0.1) is 0 Å². The molecule has 2 fully saturated rings. The summed E-state index contributed by atoms with van der Waals surface area (Å²) >= 11 is 0. The zero-order chi connectivity index (χ0) is 10.3. The number of hydrogen-bond donors (Lipinski definition) is 0. The highest BCUT2D eigenvalue weighted by Gasteiger charge is 2.39. The van der Waals surface area contributed by atoms with Crippen molar-refractivity contribution >= 4 is 11.5 Å². The molecule has 15 heavy (non-hydrogen) atoms. The second kappa shape index (κ2) is 3.37. The van der Waals surface area contributed by atoms with Gasteiger partial charge in [0.25, 0.3) is 0 Å². The number of Topliss-reactive ketones (excluding diaryl/α,β-unsaturated/α-hetero) is 1. The summed E-state index contributed by atoms with van der Waals surface area (Å²) in [5.74, 6) is 0.453. The Bertz CT molecular complexity index is 357. The zero-order valence-electron chi connectivity index (χ0n) is 8.73. The number of piperidine rings is 1. The number of hydrogen-bond acceptors (Lipinski definition) is 2. The van der Waals surface area contributed by atoms with E-state index in [0.29, 0.717) is 17.9 Å². The molecule has 78 valence electrons. The van der Waals surface area contributed by atoms with Crippen molar-refractivity contribution in [3.05, 3.63) is 30.3 Å². The Kier molecular flexibility index (Phi) is 2.01. The number of nitrogens with zero attached hydrogens (tertiary/aromatic N) is 1. The fourth-order valence-corrected chi connectivity index (χ4v) is 2.99. The van der Waals surface area contributed by atoms with Gasteiger partial charge in [0.05, 0.1) is 0 Å². The number of para-hydroxylation sites is 1. The van der Waals surface area contributed by atoms with Gasteiger partial charge < -0.3 is 4.90 Å². The van der Waals surface area contributed by atoms with Crippen LogP contribution in [0.5, 0.6) is 0 Å². The molecule has 0 aliphatic carbocycles. The fraction of sp³-hybridized carbons (Fsp3) is 0.462. The Labute approximate surface area is 89.9 Å². The van der Waals surface area contributed by atoms with E-state index in [2.05, 4.69) is 29.2 Å². The number of benzene rings is 1. The maximum Gasteiger partial charge on any atom is 0.137 e. The lowest BCUT2D eigenvalue weighted by Crippen LogP contribution is -2.43. The van der Waals surface area contributed by atoms with E-state index in [1.54, 1.807) is 0 Å². The maximum atomic E-state index is 11.5. The predicted octanol–water partition coefficient (Wildman–Crippen LogP) is 2.39. The molecule has 0 saturated carbocycles.